The summed E-state index contributed by atoms with van der Waals surface area (Å²) in [6.45, 7) is 4.99. The molecule has 1 fully saturated rings. The van der Waals surface area contributed by atoms with Crippen molar-refractivity contribution in [2.75, 3.05) is 26.7 Å². The number of rotatable bonds is 7. The third-order valence-corrected chi connectivity index (χ3v) is 3.30. The van der Waals surface area contributed by atoms with Gasteiger partial charge in [0.05, 0.1) is 6.10 Å². The summed E-state index contributed by atoms with van der Waals surface area (Å²) in [5, 5.41) is 0. The van der Waals surface area contributed by atoms with Gasteiger partial charge < -0.3 is 10.5 Å². The van der Waals surface area contributed by atoms with Gasteiger partial charge in [0.2, 0.25) is 0 Å². The van der Waals surface area contributed by atoms with Gasteiger partial charge in [0.1, 0.15) is 0 Å². The molecule has 1 aliphatic heterocycles. The standard InChI is InChI=1S/C12H26N2O/c1-3-4-6-11(9-13)14(2)10-12-7-5-8-15-12/h11-12H,3-10,13H2,1-2H3. The molecule has 3 heteroatoms. The van der Waals surface area contributed by atoms with Crippen molar-refractivity contribution in [3.8, 4) is 0 Å². The minimum absolute atomic E-state index is 0.450. The first-order chi connectivity index (χ1) is 7.27. The summed E-state index contributed by atoms with van der Waals surface area (Å²) in [5.41, 5.74) is 5.81. The Hall–Kier alpha value is -0.120. The molecule has 0 aromatic rings. The molecule has 0 spiro atoms. The minimum atomic E-state index is 0.450. The monoisotopic (exact) mass is 214 g/mol. The highest BCUT2D eigenvalue weighted by Gasteiger charge is 2.20. The third-order valence-electron chi connectivity index (χ3n) is 3.30. The van der Waals surface area contributed by atoms with Gasteiger partial charge in [-0.3, -0.25) is 4.90 Å². The maximum Gasteiger partial charge on any atom is 0.0702 e. The highest BCUT2D eigenvalue weighted by molar-refractivity contribution is 4.75. The summed E-state index contributed by atoms with van der Waals surface area (Å²) in [5.74, 6) is 0. The van der Waals surface area contributed by atoms with Gasteiger partial charge in [0, 0.05) is 25.7 Å². The van der Waals surface area contributed by atoms with Crippen LogP contribution in [0.15, 0.2) is 0 Å². The van der Waals surface area contributed by atoms with Crippen molar-refractivity contribution in [3.63, 3.8) is 0 Å². The number of hydrogen-bond donors (Lipinski definition) is 1. The van der Waals surface area contributed by atoms with E-state index in [2.05, 4.69) is 18.9 Å². The summed E-state index contributed by atoms with van der Waals surface area (Å²) >= 11 is 0. The van der Waals surface area contributed by atoms with Gasteiger partial charge in [-0.2, -0.15) is 0 Å². The predicted octanol–water partition coefficient (Wildman–Crippen LogP) is 1.61. The van der Waals surface area contributed by atoms with Crippen LogP contribution in [0, 0.1) is 0 Å². The van der Waals surface area contributed by atoms with Crippen LogP contribution in [0.5, 0.6) is 0 Å². The Balaban J connectivity index is 2.24. The van der Waals surface area contributed by atoms with E-state index >= 15 is 0 Å². The average Bonchev–Trinajstić information content (AvgIpc) is 2.71. The second-order valence-electron chi connectivity index (χ2n) is 4.61. The Morgan fingerprint density at radius 1 is 1.53 bits per heavy atom. The molecule has 1 saturated heterocycles. The molecule has 0 bridgehead atoms. The van der Waals surface area contributed by atoms with Crippen LogP contribution < -0.4 is 5.73 Å². The first kappa shape index (κ1) is 12.9. The average molecular weight is 214 g/mol. The Bertz CT molecular complexity index is 158. The predicted molar refractivity (Wildman–Crippen MR) is 64.0 cm³/mol. The van der Waals surface area contributed by atoms with Crippen molar-refractivity contribution < 1.29 is 4.74 Å². The van der Waals surface area contributed by atoms with Crippen molar-refractivity contribution in [3.05, 3.63) is 0 Å². The Morgan fingerprint density at radius 2 is 2.33 bits per heavy atom. The molecule has 2 unspecified atom stereocenters. The minimum Gasteiger partial charge on any atom is -0.377 e. The lowest BCUT2D eigenvalue weighted by atomic mass is 10.1. The fourth-order valence-electron chi connectivity index (χ4n) is 2.22. The molecular formula is C12H26N2O. The molecule has 1 aliphatic rings. The van der Waals surface area contributed by atoms with Gasteiger partial charge in [0.25, 0.3) is 0 Å². The third kappa shape index (κ3) is 4.49. The SMILES string of the molecule is CCCCC(CN)N(C)CC1CCCO1. The molecule has 0 saturated carbocycles. The van der Waals surface area contributed by atoms with Crippen LogP contribution in [0.25, 0.3) is 0 Å². The Kier molecular flexibility index (Phi) is 6.22. The zero-order valence-electron chi connectivity index (χ0n) is 10.2. The summed E-state index contributed by atoms with van der Waals surface area (Å²) in [6.07, 6.45) is 6.64. The van der Waals surface area contributed by atoms with Crippen LogP contribution >= 0.6 is 0 Å². The molecule has 1 heterocycles. The Morgan fingerprint density at radius 3 is 2.87 bits per heavy atom. The molecule has 2 N–H and O–H groups in total. The van der Waals surface area contributed by atoms with Crippen molar-refractivity contribution >= 4 is 0 Å². The maximum absolute atomic E-state index is 5.81. The van der Waals surface area contributed by atoms with E-state index in [-0.39, 0.29) is 0 Å². The van der Waals surface area contributed by atoms with Gasteiger partial charge in [-0.1, -0.05) is 19.8 Å². The fourth-order valence-corrected chi connectivity index (χ4v) is 2.22. The van der Waals surface area contributed by atoms with E-state index < -0.39 is 0 Å². The quantitative estimate of drug-likeness (QED) is 0.700. The second-order valence-corrected chi connectivity index (χ2v) is 4.61. The van der Waals surface area contributed by atoms with E-state index in [1.807, 2.05) is 0 Å². The highest BCUT2D eigenvalue weighted by atomic mass is 16.5. The van der Waals surface area contributed by atoms with Crippen LogP contribution in [0.4, 0.5) is 0 Å². The summed E-state index contributed by atoms with van der Waals surface area (Å²) in [4.78, 5) is 2.38. The Labute approximate surface area is 94.0 Å². The number of unbranched alkanes of at least 4 members (excludes halogenated alkanes) is 1. The molecule has 3 nitrogen and oxygen atoms in total. The normalized spacial score (nSPS) is 23.6. The van der Waals surface area contributed by atoms with E-state index in [1.165, 1.54) is 32.1 Å². The highest BCUT2D eigenvalue weighted by Crippen LogP contribution is 2.15. The molecule has 0 aromatic heterocycles. The zero-order valence-corrected chi connectivity index (χ0v) is 10.2. The molecule has 1 rings (SSSR count). The topological polar surface area (TPSA) is 38.5 Å². The van der Waals surface area contributed by atoms with Gasteiger partial charge in [0.15, 0.2) is 0 Å². The lowest BCUT2D eigenvalue weighted by molar-refractivity contribution is 0.0673. The van der Waals surface area contributed by atoms with Crippen molar-refractivity contribution in [2.24, 2.45) is 5.73 Å². The molecule has 0 amide bonds. The molecule has 0 aromatic carbocycles. The summed E-state index contributed by atoms with van der Waals surface area (Å²) < 4.78 is 5.64. The van der Waals surface area contributed by atoms with Crippen LogP contribution in [-0.4, -0.2) is 43.8 Å². The van der Waals surface area contributed by atoms with E-state index in [9.17, 15) is 0 Å². The first-order valence-electron chi connectivity index (χ1n) is 6.29. The number of nitrogens with zero attached hydrogens (tertiary/aromatic N) is 1. The van der Waals surface area contributed by atoms with Crippen LogP contribution in [-0.2, 0) is 4.74 Å². The van der Waals surface area contributed by atoms with E-state index in [0.717, 1.165) is 19.7 Å². The van der Waals surface area contributed by atoms with Gasteiger partial charge in [-0.15, -0.1) is 0 Å². The smallest absolute Gasteiger partial charge is 0.0702 e. The zero-order chi connectivity index (χ0) is 11.1. The molecule has 90 valence electrons. The van der Waals surface area contributed by atoms with Gasteiger partial charge in [-0.05, 0) is 26.3 Å². The molecule has 15 heavy (non-hydrogen) atoms. The largest absolute Gasteiger partial charge is 0.377 e. The van der Waals surface area contributed by atoms with Gasteiger partial charge >= 0.3 is 0 Å². The van der Waals surface area contributed by atoms with Crippen LogP contribution in [0.1, 0.15) is 39.0 Å². The second kappa shape index (κ2) is 7.20. The van der Waals surface area contributed by atoms with Crippen molar-refractivity contribution in [1.82, 2.24) is 4.90 Å². The molecule has 2 atom stereocenters. The lowest BCUT2D eigenvalue weighted by Gasteiger charge is -2.28. The number of nitrogens with two attached hydrogens (primary N) is 1. The van der Waals surface area contributed by atoms with E-state index in [0.29, 0.717) is 12.1 Å². The van der Waals surface area contributed by atoms with Gasteiger partial charge in [-0.25, -0.2) is 0 Å². The van der Waals surface area contributed by atoms with Crippen LogP contribution in [0.3, 0.4) is 0 Å². The molecular weight excluding hydrogens is 188 g/mol. The lowest BCUT2D eigenvalue weighted by Crippen LogP contribution is -2.41. The molecule has 0 aliphatic carbocycles. The fraction of sp³-hybridized carbons (Fsp3) is 1.00. The first-order valence-corrected chi connectivity index (χ1v) is 6.29. The number of hydrogen-bond acceptors (Lipinski definition) is 3. The van der Waals surface area contributed by atoms with E-state index in [4.69, 9.17) is 10.5 Å². The van der Waals surface area contributed by atoms with Crippen molar-refractivity contribution in [1.29, 1.82) is 0 Å². The number of likely N-dealkylation sites (N-methyl/N-ethyl adjacent to an activating group) is 1. The maximum atomic E-state index is 5.81. The summed E-state index contributed by atoms with van der Waals surface area (Å²) in [7, 11) is 2.18. The van der Waals surface area contributed by atoms with Crippen LogP contribution in [0.2, 0.25) is 0 Å². The summed E-state index contributed by atoms with van der Waals surface area (Å²) in [6, 6.07) is 0.536. The van der Waals surface area contributed by atoms with E-state index in [1.54, 1.807) is 0 Å². The molecule has 0 radical (unpaired) electrons. The number of ether oxygens (including phenoxy) is 1. The van der Waals surface area contributed by atoms with Crippen molar-refractivity contribution in [2.45, 2.75) is 51.2 Å².